The Morgan fingerprint density at radius 1 is 1.17 bits per heavy atom. The molecule has 0 atom stereocenters. The molecule has 0 spiro atoms. The highest BCUT2D eigenvalue weighted by Gasteiger charge is 2.14. The first kappa shape index (κ1) is 16.7. The number of rotatable bonds is 5. The van der Waals surface area contributed by atoms with Gasteiger partial charge in [-0.2, -0.15) is 0 Å². The van der Waals surface area contributed by atoms with Gasteiger partial charge in [0, 0.05) is 24.2 Å². The van der Waals surface area contributed by atoms with Crippen LogP contribution in [0.1, 0.15) is 41.0 Å². The maximum atomic E-state index is 13.5. The van der Waals surface area contributed by atoms with E-state index in [9.17, 15) is 18.4 Å². The number of hydrogen-bond acceptors (Lipinski definition) is 3. The highest BCUT2D eigenvalue weighted by atomic mass is 19.1. The SMILES string of the molecule is CC(C)CC(=O)c1ccc(NC(=O)c2ccc(F)cc2F)nc1. The highest BCUT2D eigenvalue weighted by Crippen LogP contribution is 2.14. The molecule has 120 valence electrons. The predicted molar refractivity (Wildman–Crippen MR) is 82.3 cm³/mol. The molecule has 0 unspecified atom stereocenters. The average molecular weight is 318 g/mol. The fourth-order valence-electron chi connectivity index (χ4n) is 1.98. The van der Waals surface area contributed by atoms with Gasteiger partial charge in [0.1, 0.15) is 17.5 Å². The Kier molecular flexibility index (Phi) is 5.16. The van der Waals surface area contributed by atoms with Crippen molar-refractivity contribution in [3.8, 4) is 0 Å². The Morgan fingerprint density at radius 2 is 1.91 bits per heavy atom. The van der Waals surface area contributed by atoms with Crippen molar-refractivity contribution in [3.63, 3.8) is 0 Å². The van der Waals surface area contributed by atoms with Gasteiger partial charge in [-0.3, -0.25) is 9.59 Å². The van der Waals surface area contributed by atoms with Crippen molar-refractivity contribution in [2.45, 2.75) is 20.3 Å². The summed E-state index contributed by atoms with van der Waals surface area (Å²) in [4.78, 5) is 27.8. The molecule has 2 rings (SSSR count). The van der Waals surface area contributed by atoms with Crippen molar-refractivity contribution in [2.75, 3.05) is 5.32 Å². The third-order valence-electron chi connectivity index (χ3n) is 3.10. The lowest BCUT2D eigenvalue weighted by atomic mass is 10.0. The van der Waals surface area contributed by atoms with Gasteiger partial charge >= 0.3 is 0 Å². The molecule has 0 saturated carbocycles. The first-order chi connectivity index (χ1) is 10.9. The largest absolute Gasteiger partial charge is 0.306 e. The van der Waals surface area contributed by atoms with Crippen molar-refractivity contribution < 1.29 is 18.4 Å². The summed E-state index contributed by atoms with van der Waals surface area (Å²) in [5, 5.41) is 2.40. The number of anilines is 1. The number of nitrogens with one attached hydrogen (secondary N) is 1. The second kappa shape index (κ2) is 7.09. The zero-order valence-corrected chi connectivity index (χ0v) is 12.8. The van der Waals surface area contributed by atoms with Crippen molar-refractivity contribution in [2.24, 2.45) is 5.92 Å². The summed E-state index contributed by atoms with van der Waals surface area (Å²) >= 11 is 0. The van der Waals surface area contributed by atoms with E-state index in [1.165, 1.54) is 12.3 Å². The van der Waals surface area contributed by atoms with Gasteiger partial charge in [-0.1, -0.05) is 13.8 Å². The normalized spacial score (nSPS) is 10.7. The van der Waals surface area contributed by atoms with Gasteiger partial charge in [0.05, 0.1) is 5.56 Å². The second-order valence-corrected chi connectivity index (χ2v) is 5.53. The Labute approximate surface area is 132 Å². The summed E-state index contributed by atoms with van der Waals surface area (Å²) in [6.45, 7) is 3.88. The second-order valence-electron chi connectivity index (χ2n) is 5.53. The Hall–Kier alpha value is -2.63. The Morgan fingerprint density at radius 3 is 2.48 bits per heavy atom. The number of Topliss-reactive ketones (excluding diaryl/α,β-unsaturated/α-hetero) is 1. The maximum absolute atomic E-state index is 13.5. The lowest BCUT2D eigenvalue weighted by Gasteiger charge is -2.07. The molecule has 0 saturated heterocycles. The smallest absolute Gasteiger partial charge is 0.259 e. The molecule has 1 aromatic heterocycles. The molecule has 0 aliphatic carbocycles. The van der Waals surface area contributed by atoms with E-state index in [1.54, 1.807) is 6.07 Å². The molecule has 0 radical (unpaired) electrons. The minimum Gasteiger partial charge on any atom is -0.306 e. The van der Waals surface area contributed by atoms with E-state index in [-0.39, 0.29) is 23.1 Å². The summed E-state index contributed by atoms with van der Waals surface area (Å²) in [5.74, 6) is -2.06. The zero-order valence-electron chi connectivity index (χ0n) is 12.8. The molecule has 1 heterocycles. The van der Waals surface area contributed by atoms with Gasteiger partial charge in [0.25, 0.3) is 5.91 Å². The molecule has 0 bridgehead atoms. The molecule has 0 aliphatic rings. The van der Waals surface area contributed by atoms with Crippen LogP contribution in [0.25, 0.3) is 0 Å². The van der Waals surface area contributed by atoms with Crippen molar-refractivity contribution >= 4 is 17.5 Å². The van der Waals surface area contributed by atoms with E-state index in [0.29, 0.717) is 18.1 Å². The molecular weight excluding hydrogens is 302 g/mol. The summed E-state index contributed by atoms with van der Waals surface area (Å²) < 4.78 is 26.4. The van der Waals surface area contributed by atoms with Crippen LogP contribution in [0, 0.1) is 17.6 Å². The number of carbonyl (C=O) groups excluding carboxylic acids is 2. The van der Waals surface area contributed by atoms with Crippen LogP contribution in [-0.2, 0) is 0 Å². The number of aromatic nitrogens is 1. The van der Waals surface area contributed by atoms with Crippen molar-refractivity contribution in [1.82, 2.24) is 4.98 Å². The highest BCUT2D eigenvalue weighted by molar-refractivity contribution is 6.04. The quantitative estimate of drug-likeness (QED) is 0.852. The van der Waals surface area contributed by atoms with E-state index >= 15 is 0 Å². The lowest BCUT2D eigenvalue weighted by Crippen LogP contribution is -2.15. The Balaban J connectivity index is 2.08. The van der Waals surface area contributed by atoms with Gasteiger partial charge < -0.3 is 5.32 Å². The minimum atomic E-state index is -0.953. The molecule has 1 N–H and O–H groups in total. The topological polar surface area (TPSA) is 59.1 Å². The van der Waals surface area contributed by atoms with Gasteiger partial charge in [0.15, 0.2) is 5.78 Å². The number of amides is 1. The molecule has 1 amide bonds. The van der Waals surface area contributed by atoms with E-state index in [4.69, 9.17) is 0 Å². The van der Waals surface area contributed by atoms with E-state index in [0.717, 1.165) is 12.1 Å². The molecule has 6 heteroatoms. The van der Waals surface area contributed by atoms with E-state index < -0.39 is 17.5 Å². The number of ketones is 1. The molecule has 23 heavy (non-hydrogen) atoms. The van der Waals surface area contributed by atoms with Crippen molar-refractivity contribution in [3.05, 3.63) is 59.3 Å². The molecule has 0 fully saturated rings. The van der Waals surface area contributed by atoms with Crippen LogP contribution < -0.4 is 5.32 Å². The fraction of sp³-hybridized carbons (Fsp3) is 0.235. The molecule has 2 aromatic rings. The van der Waals surface area contributed by atoms with Crippen LogP contribution in [0.5, 0.6) is 0 Å². The third-order valence-corrected chi connectivity index (χ3v) is 3.10. The van der Waals surface area contributed by atoms with Gasteiger partial charge in [-0.25, -0.2) is 13.8 Å². The van der Waals surface area contributed by atoms with Gasteiger partial charge in [-0.05, 0) is 30.2 Å². The number of benzene rings is 1. The fourth-order valence-corrected chi connectivity index (χ4v) is 1.98. The Bertz CT molecular complexity index is 728. The number of pyridine rings is 1. The monoisotopic (exact) mass is 318 g/mol. The molecule has 4 nitrogen and oxygen atoms in total. The van der Waals surface area contributed by atoms with E-state index in [1.807, 2.05) is 13.8 Å². The number of hydrogen-bond donors (Lipinski definition) is 1. The molecule has 0 aliphatic heterocycles. The first-order valence-corrected chi connectivity index (χ1v) is 7.12. The third kappa shape index (κ3) is 4.42. The average Bonchev–Trinajstić information content (AvgIpc) is 2.47. The summed E-state index contributed by atoms with van der Waals surface area (Å²) in [5.41, 5.74) is 0.165. The van der Waals surface area contributed by atoms with Crippen LogP contribution in [0.4, 0.5) is 14.6 Å². The standard InChI is InChI=1S/C17H16F2N2O2/c1-10(2)7-15(22)11-3-6-16(20-9-11)21-17(23)13-5-4-12(18)8-14(13)19/h3-6,8-10H,7H2,1-2H3,(H,20,21,23). The van der Waals surface area contributed by atoms with Gasteiger partial charge in [-0.15, -0.1) is 0 Å². The van der Waals surface area contributed by atoms with Crippen LogP contribution in [-0.4, -0.2) is 16.7 Å². The summed E-state index contributed by atoms with van der Waals surface area (Å²) in [6.07, 6.45) is 1.77. The van der Waals surface area contributed by atoms with Crippen LogP contribution >= 0.6 is 0 Å². The minimum absolute atomic E-state index is 0.0324. The van der Waals surface area contributed by atoms with Gasteiger partial charge in [0.2, 0.25) is 0 Å². The number of carbonyl (C=O) groups is 2. The zero-order chi connectivity index (χ0) is 17.0. The number of halogens is 2. The van der Waals surface area contributed by atoms with Crippen LogP contribution in [0.2, 0.25) is 0 Å². The first-order valence-electron chi connectivity index (χ1n) is 7.12. The number of nitrogens with zero attached hydrogens (tertiary/aromatic N) is 1. The molecular formula is C17H16F2N2O2. The summed E-state index contributed by atoms with van der Waals surface area (Å²) in [6, 6.07) is 5.71. The van der Waals surface area contributed by atoms with Crippen LogP contribution in [0.3, 0.4) is 0 Å². The van der Waals surface area contributed by atoms with Crippen molar-refractivity contribution in [1.29, 1.82) is 0 Å². The summed E-state index contributed by atoms with van der Waals surface area (Å²) in [7, 11) is 0. The predicted octanol–water partition coefficient (Wildman–Crippen LogP) is 3.84. The van der Waals surface area contributed by atoms with Crippen LogP contribution in [0.15, 0.2) is 36.5 Å². The van der Waals surface area contributed by atoms with E-state index in [2.05, 4.69) is 10.3 Å². The maximum Gasteiger partial charge on any atom is 0.259 e. The lowest BCUT2D eigenvalue weighted by molar-refractivity contribution is 0.0966. The molecule has 1 aromatic carbocycles.